The Morgan fingerprint density at radius 1 is 0.500 bits per heavy atom. The molecule has 0 aliphatic heterocycles. The van der Waals surface area contributed by atoms with Gasteiger partial charge in [0.25, 0.3) is 0 Å². The van der Waals surface area contributed by atoms with Crippen molar-refractivity contribution in [3.05, 3.63) is 58.7 Å². The number of fused-ring (bicyclic) bond motifs is 2. The van der Waals surface area contributed by atoms with E-state index in [-0.39, 0.29) is 87.0 Å². The second-order valence-corrected chi connectivity index (χ2v) is 7.61. The number of ketones is 2. The van der Waals surface area contributed by atoms with Crippen LogP contribution in [0.4, 0.5) is 0 Å². The van der Waals surface area contributed by atoms with Crippen molar-refractivity contribution < 1.29 is 48.2 Å². The highest BCUT2D eigenvalue weighted by atomic mass is 16.6. The van der Waals surface area contributed by atoms with Crippen molar-refractivity contribution in [3.63, 3.8) is 0 Å². The first kappa shape index (κ1) is 27.7. The lowest BCUT2D eigenvalue weighted by Crippen LogP contribution is -2.24. The Balaban J connectivity index is 1.65. The number of benzene rings is 2. The molecular formula is C26H32O10. The van der Waals surface area contributed by atoms with E-state index in [4.69, 9.17) is 38.6 Å². The maximum Gasteiger partial charge on any atom is 0.198 e. The lowest BCUT2D eigenvalue weighted by molar-refractivity contribution is 0.0243. The summed E-state index contributed by atoms with van der Waals surface area (Å²) in [4.78, 5) is 26.7. The van der Waals surface area contributed by atoms with Gasteiger partial charge in [-0.15, -0.1) is 0 Å². The third-order valence-corrected chi connectivity index (χ3v) is 5.19. The Labute approximate surface area is 209 Å². The molecule has 10 nitrogen and oxygen atoms in total. The smallest absolute Gasteiger partial charge is 0.198 e. The predicted octanol–water partition coefficient (Wildman–Crippen LogP) is 1.27. The molecule has 0 heterocycles. The highest BCUT2D eigenvalue weighted by Crippen LogP contribution is 2.38. The van der Waals surface area contributed by atoms with E-state index in [9.17, 15) is 9.59 Å². The first-order valence-corrected chi connectivity index (χ1v) is 11.8. The van der Waals surface area contributed by atoms with Gasteiger partial charge in [-0.3, -0.25) is 9.59 Å². The van der Waals surface area contributed by atoms with Crippen LogP contribution in [0.25, 0.3) is 0 Å². The molecule has 2 aromatic carbocycles. The van der Waals surface area contributed by atoms with Gasteiger partial charge in [0.1, 0.15) is 24.7 Å². The summed E-state index contributed by atoms with van der Waals surface area (Å²) >= 11 is 0. The largest absolute Gasteiger partial charge is 0.490 e. The van der Waals surface area contributed by atoms with Gasteiger partial charge in [-0.05, 0) is 12.1 Å². The van der Waals surface area contributed by atoms with Gasteiger partial charge in [-0.2, -0.15) is 0 Å². The monoisotopic (exact) mass is 504 g/mol. The van der Waals surface area contributed by atoms with Crippen molar-refractivity contribution in [2.45, 2.75) is 0 Å². The predicted molar refractivity (Wildman–Crippen MR) is 128 cm³/mol. The zero-order valence-electron chi connectivity index (χ0n) is 20.1. The molecule has 2 N–H and O–H groups in total. The Morgan fingerprint density at radius 3 is 1.25 bits per heavy atom. The number of aliphatic hydroxyl groups is 2. The molecule has 0 radical (unpaired) electrons. The number of carbonyl (C=O) groups excluding carboxylic acids is 2. The maximum absolute atomic E-state index is 13.4. The van der Waals surface area contributed by atoms with Crippen molar-refractivity contribution in [2.24, 2.45) is 0 Å². The van der Waals surface area contributed by atoms with Gasteiger partial charge in [0.15, 0.2) is 11.6 Å². The van der Waals surface area contributed by atoms with Crippen LogP contribution in [-0.2, 0) is 18.9 Å². The minimum absolute atomic E-state index is 0.0444. The van der Waals surface area contributed by atoms with Gasteiger partial charge in [0.2, 0.25) is 0 Å². The molecule has 0 saturated heterocycles. The highest BCUT2D eigenvalue weighted by molar-refractivity contribution is 6.30. The Hall–Kier alpha value is -2.86. The molecule has 0 bridgehead atoms. The van der Waals surface area contributed by atoms with Crippen LogP contribution in [0.2, 0.25) is 0 Å². The van der Waals surface area contributed by atoms with Gasteiger partial charge in [-0.1, -0.05) is 24.3 Å². The van der Waals surface area contributed by atoms with Crippen LogP contribution >= 0.6 is 0 Å². The highest BCUT2D eigenvalue weighted by Gasteiger charge is 2.35. The van der Waals surface area contributed by atoms with Crippen LogP contribution < -0.4 is 9.47 Å². The Kier molecular flexibility index (Phi) is 11.8. The number of hydrogen-bond donors (Lipinski definition) is 2. The second kappa shape index (κ2) is 15.3. The first-order chi connectivity index (χ1) is 17.7. The Bertz CT molecular complexity index is 913. The zero-order chi connectivity index (χ0) is 25.6. The van der Waals surface area contributed by atoms with Crippen molar-refractivity contribution in [1.29, 1.82) is 0 Å². The normalized spacial score (nSPS) is 12.4. The number of aliphatic hydroxyl groups excluding tert-OH is 2. The molecule has 196 valence electrons. The number of hydrogen-bond acceptors (Lipinski definition) is 10. The van der Waals surface area contributed by atoms with E-state index in [1.165, 1.54) is 0 Å². The van der Waals surface area contributed by atoms with Crippen LogP contribution in [-0.4, -0.2) is 101 Å². The van der Waals surface area contributed by atoms with Gasteiger partial charge in [0, 0.05) is 11.1 Å². The van der Waals surface area contributed by atoms with Crippen LogP contribution in [0.1, 0.15) is 31.8 Å². The summed E-state index contributed by atoms with van der Waals surface area (Å²) in [5, 5.41) is 17.4. The van der Waals surface area contributed by atoms with E-state index < -0.39 is 0 Å². The first-order valence-electron chi connectivity index (χ1n) is 11.8. The van der Waals surface area contributed by atoms with Crippen molar-refractivity contribution in [1.82, 2.24) is 0 Å². The van der Waals surface area contributed by atoms with Gasteiger partial charge in [-0.25, -0.2) is 0 Å². The molecule has 10 heteroatoms. The minimum Gasteiger partial charge on any atom is -0.490 e. The van der Waals surface area contributed by atoms with E-state index in [1.807, 2.05) is 0 Å². The molecule has 36 heavy (non-hydrogen) atoms. The molecule has 3 rings (SSSR count). The molecule has 0 atom stereocenters. The summed E-state index contributed by atoms with van der Waals surface area (Å²) in [7, 11) is 0. The summed E-state index contributed by atoms with van der Waals surface area (Å²) in [6.07, 6.45) is 0. The van der Waals surface area contributed by atoms with Crippen molar-refractivity contribution in [3.8, 4) is 11.5 Å². The average molecular weight is 505 g/mol. The van der Waals surface area contributed by atoms with E-state index in [0.717, 1.165) is 0 Å². The molecule has 0 saturated carbocycles. The number of carbonyl (C=O) groups is 2. The van der Waals surface area contributed by atoms with Crippen LogP contribution in [0.15, 0.2) is 36.4 Å². The van der Waals surface area contributed by atoms with Gasteiger partial charge < -0.3 is 38.6 Å². The quantitative estimate of drug-likeness (QED) is 0.244. The number of rotatable bonds is 18. The van der Waals surface area contributed by atoms with E-state index in [2.05, 4.69) is 0 Å². The van der Waals surface area contributed by atoms with Crippen LogP contribution in [0, 0.1) is 0 Å². The molecule has 2 aromatic rings. The molecule has 0 unspecified atom stereocenters. The fourth-order valence-electron chi connectivity index (χ4n) is 3.60. The zero-order valence-corrected chi connectivity index (χ0v) is 20.1. The topological polar surface area (TPSA) is 130 Å². The average Bonchev–Trinajstić information content (AvgIpc) is 2.90. The molecule has 0 aromatic heterocycles. The number of ether oxygens (including phenoxy) is 6. The molecule has 1 aliphatic rings. The molecule has 0 amide bonds. The molecule has 0 spiro atoms. The maximum atomic E-state index is 13.4. The summed E-state index contributed by atoms with van der Waals surface area (Å²) in [5.41, 5.74) is 0.975. The minimum atomic E-state index is -0.309. The standard InChI is InChI=1S/C26H32O10/c27-7-9-31-11-13-33-15-17-35-21-5-6-22(36-18-16-34-14-12-32-10-8-28)24-23(21)25(29)19-3-1-2-4-20(19)26(24)30/h1-6,27-28H,7-18H2. The third-order valence-electron chi connectivity index (χ3n) is 5.19. The third kappa shape index (κ3) is 7.57. The molecular weight excluding hydrogens is 472 g/mol. The lowest BCUT2D eigenvalue weighted by atomic mass is 9.83. The lowest BCUT2D eigenvalue weighted by Gasteiger charge is -2.23. The van der Waals surface area contributed by atoms with E-state index >= 15 is 0 Å². The fourth-order valence-corrected chi connectivity index (χ4v) is 3.60. The SMILES string of the molecule is O=C1c2ccccc2C(=O)c2c(OCCOCCOCCO)ccc(OCCOCCOCCO)c21. The van der Waals surface area contributed by atoms with Crippen LogP contribution in [0.5, 0.6) is 11.5 Å². The van der Waals surface area contributed by atoms with Gasteiger partial charge in [0.05, 0.1) is 77.2 Å². The van der Waals surface area contributed by atoms with Crippen molar-refractivity contribution >= 4 is 11.6 Å². The van der Waals surface area contributed by atoms with Gasteiger partial charge >= 0.3 is 0 Å². The summed E-state index contributed by atoms with van der Waals surface area (Å²) in [6.45, 7) is 2.66. The van der Waals surface area contributed by atoms with Crippen LogP contribution in [0.3, 0.4) is 0 Å². The summed E-state index contributed by atoms with van der Waals surface area (Å²) in [5.74, 6) is -0.0576. The summed E-state index contributed by atoms with van der Waals surface area (Å²) in [6, 6.07) is 9.90. The fraction of sp³-hybridized carbons (Fsp3) is 0.462. The van der Waals surface area contributed by atoms with Crippen molar-refractivity contribution in [2.75, 3.05) is 79.3 Å². The second-order valence-electron chi connectivity index (χ2n) is 7.61. The Morgan fingerprint density at radius 2 is 0.861 bits per heavy atom. The van der Waals surface area contributed by atoms with E-state index in [0.29, 0.717) is 37.6 Å². The molecule has 1 aliphatic carbocycles. The molecule has 0 fully saturated rings. The van der Waals surface area contributed by atoms with E-state index in [1.54, 1.807) is 36.4 Å². The summed E-state index contributed by atoms with van der Waals surface area (Å²) < 4.78 is 32.8.